The molecule has 0 saturated carbocycles. The third-order valence-corrected chi connectivity index (χ3v) is 3.76. The first-order chi connectivity index (χ1) is 10.7. The van der Waals surface area contributed by atoms with E-state index in [1.807, 2.05) is 60.8 Å². The minimum Gasteiger partial charge on any atom is -0.460 e. The van der Waals surface area contributed by atoms with Crippen LogP contribution in [0.2, 0.25) is 0 Å². The Morgan fingerprint density at radius 2 is 1.86 bits per heavy atom. The van der Waals surface area contributed by atoms with Gasteiger partial charge >= 0.3 is 5.97 Å². The van der Waals surface area contributed by atoms with Gasteiger partial charge in [0.05, 0.1) is 5.69 Å². The Labute approximate surface area is 129 Å². The van der Waals surface area contributed by atoms with Crippen LogP contribution in [0.3, 0.4) is 0 Å². The molecule has 1 aliphatic heterocycles. The van der Waals surface area contributed by atoms with Crippen LogP contribution < -0.4 is 5.73 Å². The van der Waals surface area contributed by atoms with Crippen molar-refractivity contribution in [2.24, 2.45) is 10.7 Å². The van der Waals surface area contributed by atoms with Gasteiger partial charge in [0, 0.05) is 12.1 Å². The van der Waals surface area contributed by atoms with Gasteiger partial charge in [-0.15, -0.1) is 0 Å². The average Bonchev–Trinajstić information content (AvgIpc) is 2.97. The van der Waals surface area contributed by atoms with E-state index in [-0.39, 0.29) is 18.5 Å². The van der Waals surface area contributed by atoms with Gasteiger partial charge in [0.25, 0.3) is 0 Å². The lowest BCUT2D eigenvalue weighted by Crippen LogP contribution is -2.33. The summed E-state index contributed by atoms with van der Waals surface area (Å²) in [6.07, 6.45) is 2.36. The van der Waals surface area contributed by atoms with Crippen LogP contribution in [0.4, 0.5) is 5.69 Å². The molecule has 4 heteroatoms. The van der Waals surface area contributed by atoms with Crippen molar-refractivity contribution >= 4 is 17.9 Å². The van der Waals surface area contributed by atoms with E-state index >= 15 is 0 Å². The van der Waals surface area contributed by atoms with Crippen molar-refractivity contribution in [1.82, 2.24) is 0 Å². The van der Waals surface area contributed by atoms with E-state index in [1.54, 1.807) is 0 Å². The number of hydrogen-bond acceptors (Lipinski definition) is 4. The molecule has 22 heavy (non-hydrogen) atoms. The van der Waals surface area contributed by atoms with E-state index in [0.717, 1.165) is 16.8 Å². The minimum atomic E-state index is -0.647. The summed E-state index contributed by atoms with van der Waals surface area (Å²) in [6, 6.07) is 16.8. The van der Waals surface area contributed by atoms with Gasteiger partial charge in [-0.25, -0.2) is 0 Å². The zero-order valence-electron chi connectivity index (χ0n) is 12.2. The monoisotopic (exact) mass is 294 g/mol. The second-order valence-electron chi connectivity index (χ2n) is 5.38. The summed E-state index contributed by atoms with van der Waals surface area (Å²) in [5.41, 5.74) is 9.01. The first-order valence-electron chi connectivity index (χ1n) is 7.33. The number of esters is 1. The number of fused-ring (bicyclic) bond motifs is 1. The summed E-state index contributed by atoms with van der Waals surface area (Å²) in [5, 5.41) is 0. The van der Waals surface area contributed by atoms with Crippen LogP contribution in [0.25, 0.3) is 0 Å². The number of carbonyl (C=O) groups is 1. The molecule has 0 spiro atoms. The van der Waals surface area contributed by atoms with Gasteiger partial charge in [-0.3, -0.25) is 9.79 Å². The van der Waals surface area contributed by atoms with Crippen LogP contribution in [-0.2, 0) is 16.1 Å². The van der Waals surface area contributed by atoms with Crippen molar-refractivity contribution < 1.29 is 9.53 Å². The van der Waals surface area contributed by atoms with Gasteiger partial charge in [-0.2, -0.15) is 0 Å². The standard InChI is InChI=1S/C18H18N2O2/c19-16(18(21)22-12-13-6-2-1-3-7-13)10-14-11-20-17-9-5-4-8-15(14)17/h1-9,11,14,16H,10,12,19H2/t14?,16-/m0/s1. The summed E-state index contributed by atoms with van der Waals surface area (Å²) in [7, 11) is 0. The topological polar surface area (TPSA) is 64.7 Å². The van der Waals surface area contributed by atoms with Crippen LogP contribution in [0.1, 0.15) is 23.5 Å². The fraction of sp³-hybridized carbons (Fsp3) is 0.222. The molecule has 112 valence electrons. The van der Waals surface area contributed by atoms with Crippen molar-refractivity contribution in [2.45, 2.75) is 25.0 Å². The molecule has 0 fully saturated rings. The van der Waals surface area contributed by atoms with Gasteiger partial charge in [-0.05, 0) is 23.6 Å². The van der Waals surface area contributed by atoms with Crippen LogP contribution in [-0.4, -0.2) is 18.2 Å². The van der Waals surface area contributed by atoms with E-state index in [9.17, 15) is 4.79 Å². The highest BCUT2D eigenvalue weighted by atomic mass is 16.5. The van der Waals surface area contributed by atoms with Gasteiger partial charge in [0.2, 0.25) is 0 Å². The molecule has 0 amide bonds. The maximum absolute atomic E-state index is 12.0. The molecular weight excluding hydrogens is 276 g/mol. The van der Waals surface area contributed by atoms with E-state index in [0.29, 0.717) is 6.42 Å². The number of para-hydroxylation sites is 1. The summed E-state index contributed by atoms with van der Waals surface area (Å²) >= 11 is 0. The summed E-state index contributed by atoms with van der Waals surface area (Å²) in [5.74, 6) is -0.294. The van der Waals surface area contributed by atoms with Gasteiger partial charge in [-0.1, -0.05) is 48.5 Å². The average molecular weight is 294 g/mol. The normalized spacial score (nSPS) is 17.0. The Balaban J connectivity index is 1.55. The van der Waals surface area contributed by atoms with Crippen molar-refractivity contribution in [3.63, 3.8) is 0 Å². The smallest absolute Gasteiger partial charge is 0.323 e. The van der Waals surface area contributed by atoms with Crippen molar-refractivity contribution in [2.75, 3.05) is 0 Å². The summed E-state index contributed by atoms with van der Waals surface area (Å²) in [4.78, 5) is 16.4. The Morgan fingerprint density at radius 1 is 1.14 bits per heavy atom. The highest BCUT2D eigenvalue weighted by Crippen LogP contribution is 2.34. The fourth-order valence-electron chi connectivity index (χ4n) is 2.56. The Hall–Kier alpha value is -2.46. The molecule has 0 radical (unpaired) electrons. The number of aliphatic imine (C=N–C) groups is 1. The van der Waals surface area contributed by atoms with Crippen LogP contribution in [0.5, 0.6) is 0 Å². The quantitative estimate of drug-likeness (QED) is 0.862. The molecule has 0 saturated heterocycles. The third kappa shape index (κ3) is 3.23. The lowest BCUT2D eigenvalue weighted by Gasteiger charge is -2.15. The van der Waals surface area contributed by atoms with Crippen molar-refractivity contribution in [3.05, 3.63) is 65.7 Å². The zero-order valence-corrected chi connectivity index (χ0v) is 12.2. The minimum absolute atomic E-state index is 0.0791. The first-order valence-corrected chi connectivity index (χ1v) is 7.33. The molecule has 2 aromatic carbocycles. The van der Waals surface area contributed by atoms with Crippen LogP contribution in [0.15, 0.2) is 59.6 Å². The maximum atomic E-state index is 12.0. The first kappa shape index (κ1) is 14.5. The van der Waals surface area contributed by atoms with E-state index in [2.05, 4.69) is 4.99 Å². The molecule has 1 unspecified atom stereocenters. The summed E-state index contributed by atoms with van der Waals surface area (Å²) in [6.45, 7) is 0.253. The second-order valence-corrected chi connectivity index (χ2v) is 5.38. The zero-order chi connectivity index (χ0) is 15.4. The fourth-order valence-corrected chi connectivity index (χ4v) is 2.56. The maximum Gasteiger partial charge on any atom is 0.323 e. The molecule has 2 aromatic rings. The molecule has 0 aliphatic carbocycles. The molecule has 1 aliphatic rings. The SMILES string of the molecule is N[C@@H](CC1C=Nc2ccccc21)C(=O)OCc1ccccc1. The van der Waals surface area contributed by atoms with Gasteiger partial charge in [0.1, 0.15) is 12.6 Å². The molecule has 2 atom stereocenters. The molecule has 4 nitrogen and oxygen atoms in total. The number of benzene rings is 2. The third-order valence-electron chi connectivity index (χ3n) is 3.76. The largest absolute Gasteiger partial charge is 0.460 e. The number of hydrogen-bond donors (Lipinski definition) is 1. The van der Waals surface area contributed by atoms with E-state index in [4.69, 9.17) is 10.5 Å². The number of nitrogens with zero attached hydrogens (tertiary/aromatic N) is 1. The predicted octanol–water partition coefficient (Wildman–Crippen LogP) is 2.95. The molecule has 0 aromatic heterocycles. The lowest BCUT2D eigenvalue weighted by atomic mass is 9.94. The Bertz CT molecular complexity index is 682. The molecular formula is C18H18N2O2. The number of nitrogens with two attached hydrogens (primary N) is 1. The Kier molecular flexibility index (Phi) is 4.30. The Morgan fingerprint density at radius 3 is 2.68 bits per heavy atom. The summed E-state index contributed by atoms with van der Waals surface area (Å²) < 4.78 is 5.28. The molecule has 3 rings (SSSR count). The van der Waals surface area contributed by atoms with Crippen molar-refractivity contribution in [3.8, 4) is 0 Å². The predicted molar refractivity (Wildman–Crippen MR) is 86.2 cm³/mol. The van der Waals surface area contributed by atoms with Crippen LogP contribution in [0, 0.1) is 0 Å². The highest BCUT2D eigenvalue weighted by Gasteiger charge is 2.25. The van der Waals surface area contributed by atoms with E-state index in [1.165, 1.54) is 0 Å². The van der Waals surface area contributed by atoms with Gasteiger partial charge < -0.3 is 10.5 Å². The highest BCUT2D eigenvalue weighted by molar-refractivity contribution is 5.82. The molecule has 2 N–H and O–H groups in total. The van der Waals surface area contributed by atoms with Gasteiger partial charge in [0.15, 0.2) is 0 Å². The number of rotatable bonds is 5. The molecule has 0 bridgehead atoms. The second kappa shape index (κ2) is 6.54. The number of carbonyl (C=O) groups excluding carboxylic acids is 1. The lowest BCUT2D eigenvalue weighted by molar-refractivity contribution is -0.146. The van der Waals surface area contributed by atoms with Crippen LogP contribution >= 0.6 is 0 Å². The molecule has 1 heterocycles. The van der Waals surface area contributed by atoms with E-state index < -0.39 is 6.04 Å². The number of ether oxygens (including phenoxy) is 1. The van der Waals surface area contributed by atoms with Crippen molar-refractivity contribution in [1.29, 1.82) is 0 Å².